The summed E-state index contributed by atoms with van der Waals surface area (Å²) in [4.78, 5) is 47.2. The maximum absolute atomic E-state index is 12.1. The molecule has 1 aromatic rings. The average molecular weight is 330 g/mol. The summed E-state index contributed by atoms with van der Waals surface area (Å²) < 4.78 is 0. The van der Waals surface area contributed by atoms with Gasteiger partial charge in [0.05, 0.1) is 23.6 Å². The molecule has 0 fully saturated rings. The van der Waals surface area contributed by atoms with E-state index < -0.39 is 36.2 Å². The molecule has 0 aliphatic carbocycles. The van der Waals surface area contributed by atoms with E-state index in [-0.39, 0.29) is 15.7 Å². The largest absolute Gasteiger partial charge is 0.299 e. The predicted molar refractivity (Wildman–Crippen MR) is 79.6 cm³/mol. The van der Waals surface area contributed by atoms with Crippen molar-refractivity contribution in [2.24, 2.45) is 0 Å². The zero-order chi connectivity index (χ0) is 16.2. The van der Waals surface area contributed by atoms with Gasteiger partial charge in [-0.25, -0.2) is 4.90 Å². The molecule has 0 saturated heterocycles. The first-order valence-corrected chi connectivity index (χ1v) is 6.77. The van der Waals surface area contributed by atoms with Crippen molar-refractivity contribution < 1.29 is 19.2 Å². The maximum Gasteiger partial charge on any atom is 0.241 e. The number of carbonyl (C=O) groups excluding carboxylic acids is 4. The van der Waals surface area contributed by atoms with Crippen molar-refractivity contribution in [2.45, 2.75) is 26.7 Å². The van der Waals surface area contributed by atoms with Gasteiger partial charge in [-0.2, -0.15) is 0 Å². The molecule has 0 atom stereocenters. The normalized spacial score (nSPS) is 10.1. The Balaban J connectivity index is 3.26. The van der Waals surface area contributed by atoms with Gasteiger partial charge in [0, 0.05) is 5.02 Å². The third kappa shape index (κ3) is 4.95. The summed E-state index contributed by atoms with van der Waals surface area (Å²) in [6.07, 6.45) is -0.932. The van der Waals surface area contributed by atoms with Gasteiger partial charge >= 0.3 is 0 Å². The first-order valence-electron chi connectivity index (χ1n) is 6.02. The first-order chi connectivity index (χ1) is 9.72. The summed E-state index contributed by atoms with van der Waals surface area (Å²) in [7, 11) is 0. The summed E-state index contributed by atoms with van der Waals surface area (Å²) in [6, 6.07) is 4.25. The monoisotopic (exact) mass is 329 g/mol. The van der Waals surface area contributed by atoms with Crippen LogP contribution in [0.25, 0.3) is 0 Å². The van der Waals surface area contributed by atoms with Gasteiger partial charge in [0.2, 0.25) is 11.8 Å². The van der Waals surface area contributed by atoms with E-state index in [0.29, 0.717) is 0 Å². The van der Waals surface area contributed by atoms with E-state index >= 15 is 0 Å². The molecule has 1 aromatic carbocycles. The molecule has 0 unspecified atom stereocenters. The summed E-state index contributed by atoms with van der Waals surface area (Å²) in [5.41, 5.74) is 0.0571. The van der Waals surface area contributed by atoms with Crippen LogP contribution in [0.5, 0.6) is 0 Å². The predicted octanol–water partition coefficient (Wildman–Crippen LogP) is 2.81. The van der Waals surface area contributed by atoms with Gasteiger partial charge in [0.15, 0.2) is 0 Å². The Morgan fingerprint density at radius 2 is 1.43 bits per heavy atom. The van der Waals surface area contributed by atoms with Gasteiger partial charge in [-0.1, -0.05) is 23.2 Å². The Morgan fingerprint density at radius 1 is 0.952 bits per heavy atom. The van der Waals surface area contributed by atoms with Crippen LogP contribution in [-0.4, -0.2) is 23.4 Å². The number of amides is 2. The SMILES string of the molecule is CC(=O)CC(=O)N(C(=O)CC(C)=O)c1cc(Cl)ccc1Cl. The number of hydrogen-bond donors (Lipinski definition) is 0. The van der Waals surface area contributed by atoms with E-state index in [4.69, 9.17) is 23.2 Å². The second-order valence-electron chi connectivity index (χ2n) is 4.48. The number of imide groups is 1. The number of hydrogen-bond acceptors (Lipinski definition) is 4. The highest BCUT2D eigenvalue weighted by molar-refractivity contribution is 6.37. The molecule has 7 heteroatoms. The maximum atomic E-state index is 12.1. The van der Waals surface area contributed by atoms with E-state index in [1.807, 2.05) is 0 Å². The van der Waals surface area contributed by atoms with Gasteiger partial charge in [-0.3, -0.25) is 19.2 Å². The van der Waals surface area contributed by atoms with E-state index in [9.17, 15) is 19.2 Å². The van der Waals surface area contributed by atoms with E-state index in [2.05, 4.69) is 0 Å². The summed E-state index contributed by atoms with van der Waals surface area (Å²) >= 11 is 11.8. The lowest BCUT2D eigenvalue weighted by Crippen LogP contribution is -2.38. The highest BCUT2D eigenvalue weighted by atomic mass is 35.5. The van der Waals surface area contributed by atoms with Gasteiger partial charge in [-0.15, -0.1) is 0 Å². The Morgan fingerprint density at radius 3 is 1.86 bits per heavy atom. The van der Waals surface area contributed by atoms with Crippen molar-refractivity contribution in [1.82, 2.24) is 0 Å². The molecule has 0 bridgehead atoms. The van der Waals surface area contributed by atoms with Crippen LogP contribution in [0, 0.1) is 0 Å². The molecule has 0 heterocycles. The molecule has 2 amide bonds. The number of halogens is 2. The Kier molecular flexibility index (Phi) is 6.05. The fourth-order valence-corrected chi connectivity index (χ4v) is 2.02. The number of carbonyl (C=O) groups is 4. The number of anilines is 1. The second kappa shape index (κ2) is 7.33. The number of nitrogens with zero attached hydrogens (tertiary/aromatic N) is 1. The van der Waals surface area contributed by atoms with Crippen LogP contribution in [0.3, 0.4) is 0 Å². The topological polar surface area (TPSA) is 71.5 Å². The minimum Gasteiger partial charge on any atom is -0.299 e. The van der Waals surface area contributed by atoms with Crippen LogP contribution >= 0.6 is 23.2 Å². The van der Waals surface area contributed by atoms with Gasteiger partial charge < -0.3 is 0 Å². The number of rotatable bonds is 5. The molecular formula is C14H13Cl2NO4. The lowest BCUT2D eigenvalue weighted by atomic mass is 10.2. The average Bonchev–Trinajstić information content (AvgIpc) is 2.31. The highest BCUT2D eigenvalue weighted by Gasteiger charge is 2.27. The van der Waals surface area contributed by atoms with Crippen LogP contribution < -0.4 is 4.90 Å². The Hall–Kier alpha value is -1.72. The van der Waals surface area contributed by atoms with E-state index in [1.165, 1.54) is 32.0 Å². The summed E-state index contributed by atoms with van der Waals surface area (Å²) in [5.74, 6) is -2.31. The molecular weight excluding hydrogens is 317 g/mol. The number of ketones is 2. The van der Waals surface area contributed by atoms with Crippen molar-refractivity contribution in [2.75, 3.05) is 4.90 Å². The number of benzene rings is 1. The third-order valence-corrected chi connectivity index (χ3v) is 3.00. The standard InChI is InChI=1S/C14H13Cl2NO4/c1-8(18)5-13(20)17(14(21)6-9(2)19)12-7-10(15)3-4-11(12)16/h3-4,7H,5-6H2,1-2H3. The molecule has 112 valence electrons. The molecule has 0 N–H and O–H groups in total. The van der Waals surface area contributed by atoms with Crippen LogP contribution in [0.15, 0.2) is 18.2 Å². The van der Waals surface area contributed by atoms with E-state index in [1.54, 1.807) is 0 Å². The van der Waals surface area contributed by atoms with Crippen LogP contribution in [-0.2, 0) is 19.2 Å². The molecule has 0 radical (unpaired) electrons. The summed E-state index contributed by atoms with van der Waals surface area (Å²) in [5, 5.41) is 0.388. The molecule has 0 aliphatic heterocycles. The molecule has 1 rings (SSSR count). The van der Waals surface area contributed by atoms with Crippen LogP contribution in [0.4, 0.5) is 5.69 Å². The zero-order valence-corrected chi connectivity index (χ0v) is 13.0. The lowest BCUT2D eigenvalue weighted by molar-refractivity contribution is -0.130. The lowest BCUT2D eigenvalue weighted by Gasteiger charge is -2.21. The van der Waals surface area contributed by atoms with Crippen LogP contribution in [0.1, 0.15) is 26.7 Å². The first kappa shape index (κ1) is 17.3. The fraction of sp³-hybridized carbons (Fsp3) is 0.286. The molecule has 0 saturated carbocycles. The van der Waals surface area contributed by atoms with Gasteiger partial charge in [0.25, 0.3) is 0 Å². The molecule has 0 aliphatic rings. The van der Waals surface area contributed by atoms with E-state index in [0.717, 1.165) is 4.90 Å². The van der Waals surface area contributed by atoms with Crippen molar-refractivity contribution >= 4 is 52.3 Å². The smallest absolute Gasteiger partial charge is 0.241 e. The molecule has 0 aromatic heterocycles. The fourth-order valence-electron chi connectivity index (χ4n) is 1.65. The zero-order valence-electron chi connectivity index (χ0n) is 11.5. The highest BCUT2D eigenvalue weighted by Crippen LogP contribution is 2.30. The molecule has 0 spiro atoms. The minimum atomic E-state index is -0.752. The number of Topliss-reactive ketones (excluding diaryl/α,β-unsaturated/α-hetero) is 2. The van der Waals surface area contributed by atoms with Crippen LogP contribution in [0.2, 0.25) is 10.0 Å². The van der Waals surface area contributed by atoms with Crippen molar-refractivity contribution in [1.29, 1.82) is 0 Å². The Labute approximate surface area is 131 Å². The second-order valence-corrected chi connectivity index (χ2v) is 5.32. The molecule has 21 heavy (non-hydrogen) atoms. The van der Waals surface area contributed by atoms with Crippen molar-refractivity contribution in [3.8, 4) is 0 Å². The van der Waals surface area contributed by atoms with Crippen molar-refractivity contribution in [3.63, 3.8) is 0 Å². The quantitative estimate of drug-likeness (QED) is 0.778. The van der Waals surface area contributed by atoms with Crippen molar-refractivity contribution in [3.05, 3.63) is 28.2 Å². The molecule has 5 nitrogen and oxygen atoms in total. The third-order valence-electron chi connectivity index (χ3n) is 2.45. The minimum absolute atomic E-state index is 0.0571. The van der Waals surface area contributed by atoms with Gasteiger partial charge in [-0.05, 0) is 32.0 Å². The summed E-state index contributed by atoms with van der Waals surface area (Å²) in [6.45, 7) is 2.45. The van der Waals surface area contributed by atoms with Gasteiger partial charge in [0.1, 0.15) is 11.6 Å². The Bertz CT molecular complexity index is 585.